The number of nitrogens with one attached hydrogen (secondary N) is 2. The van der Waals surface area contributed by atoms with E-state index in [1.807, 2.05) is 24.3 Å². The Morgan fingerprint density at radius 1 is 1.10 bits per heavy atom. The topological polar surface area (TPSA) is 109 Å². The third kappa shape index (κ3) is 4.67. The first-order valence-electron chi connectivity index (χ1n) is 9.43. The van der Waals surface area contributed by atoms with E-state index in [1.54, 1.807) is 29.9 Å². The van der Waals surface area contributed by atoms with Gasteiger partial charge in [0, 0.05) is 30.7 Å². The van der Waals surface area contributed by atoms with Gasteiger partial charge in [0.1, 0.15) is 12.2 Å². The van der Waals surface area contributed by atoms with Gasteiger partial charge in [-0.05, 0) is 42.5 Å². The average Bonchev–Trinajstić information content (AvgIpc) is 3.44. The van der Waals surface area contributed by atoms with Crippen LogP contribution in [0.25, 0.3) is 10.6 Å². The molecular weight excluding hydrogens is 406 g/mol. The molecule has 156 valence electrons. The number of carbonyl (C=O) groups is 2. The summed E-state index contributed by atoms with van der Waals surface area (Å²) in [5.74, 6) is -0.750. The number of anilines is 2. The minimum Gasteiger partial charge on any atom is -0.378 e. The summed E-state index contributed by atoms with van der Waals surface area (Å²) in [7, 11) is 0. The average molecular weight is 427 g/mol. The van der Waals surface area contributed by atoms with Gasteiger partial charge in [-0.2, -0.15) is 5.10 Å². The Bertz CT molecular complexity index is 1020. The molecule has 0 unspecified atom stereocenters. The molecule has 0 atom stereocenters. The van der Waals surface area contributed by atoms with Crippen LogP contribution in [-0.2, 0) is 16.1 Å². The number of morpholine rings is 1. The van der Waals surface area contributed by atoms with Crippen LogP contribution in [0, 0.1) is 0 Å². The minimum atomic E-state index is -0.565. The Labute approximate surface area is 176 Å². The van der Waals surface area contributed by atoms with Crippen LogP contribution in [0.2, 0.25) is 0 Å². The number of rotatable bonds is 6. The van der Waals surface area contributed by atoms with Crippen LogP contribution in [0.4, 0.5) is 11.4 Å². The Hall–Kier alpha value is -3.21. The van der Waals surface area contributed by atoms with Crippen molar-refractivity contribution in [3.63, 3.8) is 0 Å². The van der Waals surface area contributed by atoms with E-state index in [4.69, 9.17) is 9.94 Å². The summed E-state index contributed by atoms with van der Waals surface area (Å²) in [6, 6.07) is 12.9. The lowest BCUT2D eigenvalue weighted by Crippen LogP contribution is -2.36. The SMILES string of the molecule is O=C(Cn1ccc(-c2ccc(C(=O)NO)s2)n1)Nc1ccc(N2CCOCC2)cc1. The quantitative estimate of drug-likeness (QED) is 0.411. The van der Waals surface area contributed by atoms with Crippen LogP contribution in [0.1, 0.15) is 9.67 Å². The first-order chi connectivity index (χ1) is 14.6. The molecule has 1 aliphatic heterocycles. The minimum absolute atomic E-state index is 0.0700. The van der Waals surface area contributed by atoms with Crippen LogP contribution in [0.5, 0.6) is 0 Å². The van der Waals surface area contributed by atoms with Crippen LogP contribution >= 0.6 is 11.3 Å². The van der Waals surface area contributed by atoms with Crippen molar-refractivity contribution in [2.24, 2.45) is 0 Å². The summed E-state index contributed by atoms with van der Waals surface area (Å²) in [4.78, 5) is 27.2. The Morgan fingerprint density at radius 3 is 2.60 bits per heavy atom. The molecule has 30 heavy (non-hydrogen) atoms. The first-order valence-corrected chi connectivity index (χ1v) is 10.2. The molecule has 1 aromatic carbocycles. The highest BCUT2D eigenvalue weighted by molar-refractivity contribution is 7.17. The van der Waals surface area contributed by atoms with Gasteiger partial charge in [0.25, 0.3) is 5.91 Å². The number of aromatic nitrogens is 2. The van der Waals surface area contributed by atoms with E-state index < -0.39 is 5.91 Å². The number of amides is 2. The summed E-state index contributed by atoms with van der Waals surface area (Å²) in [6.45, 7) is 3.26. The van der Waals surface area contributed by atoms with Crippen LogP contribution < -0.4 is 15.7 Å². The summed E-state index contributed by atoms with van der Waals surface area (Å²) in [5, 5.41) is 16.0. The summed E-state index contributed by atoms with van der Waals surface area (Å²) in [6.07, 6.45) is 1.71. The van der Waals surface area contributed by atoms with Crippen molar-refractivity contribution in [3.8, 4) is 10.6 Å². The predicted molar refractivity (Wildman–Crippen MR) is 113 cm³/mol. The zero-order chi connectivity index (χ0) is 20.9. The fourth-order valence-electron chi connectivity index (χ4n) is 3.16. The van der Waals surface area contributed by atoms with Gasteiger partial charge >= 0.3 is 0 Å². The molecule has 3 N–H and O–H groups in total. The molecule has 0 bridgehead atoms. The van der Waals surface area contributed by atoms with E-state index in [0.717, 1.165) is 42.6 Å². The van der Waals surface area contributed by atoms with Gasteiger partial charge in [-0.15, -0.1) is 11.3 Å². The fraction of sp³-hybridized carbons (Fsp3) is 0.250. The molecule has 10 heteroatoms. The molecule has 1 saturated heterocycles. The second kappa shape index (κ2) is 9.08. The normalized spacial score (nSPS) is 13.8. The summed E-state index contributed by atoms with van der Waals surface area (Å²) in [5.41, 5.74) is 4.09. The highest BCUT2D eigenvalue weighted by atomic mass is 32.1. The number of thiophene rings is 1. The molecule has 3 heterocycles. The van der Waals surface area contributed by atoms with Crippen LogP contribution in [0.3, 0.4) is 0 Å². The van der Waals surface area contributed by atoms with Gasteiger partial charge in [-0.3, -0.25) is 19.5 Å². The van der Waals surface area contributed by atoms with Gasteiger partial charge in [0.2, 0.25) is 5.91 Å². The molecule has 2 aromatic heterocycles. The molecule has 1 aliphatic rings. The van der Waals surface area contributed by atoms with Crippen molar-refractivity contribution in [1.82, 2.24) is 15.3 Å². The lowest BCUT2D eigenvalue weighted by atomic mass is 10.2. The molecule has 0 radical (unpaired) electrons. The monoisotopic (exact) mass is 427 g/mol. The van der Waals surface area contributed by atoms with Crippen LogP contribution in [-0.4, -0.2) is 53.1 Å². The molecule has 0 saturated carbocycles. The Balaban J connectivity index is 1.34. The third-order valence-electron chi connectivity index (χ3n) is 4.66. The lowest BCUT2D eigenvalue weighted by molar-refractivity contribution is -0.116. The largest absolute Gasteiger partial charge is 0.378 e. The maximum Gasteiger partial charge on any atom is 0.284 e. The molecule has 1 fully saturated rings. The second-order valence-corrected chi connectivity index (χ2v) is 7.78. The Morgan fingerprint density at radius 2 is 1.87 bits per heavy atom. The summed E-state index contributed by atoms with van der Waals surface area (Å²) >= 11 is 1.21. The lowest BCUT2D eigenvalue weighted by Gasteiger charge is -2.28. The van der Waals surface area contributed by atoms with Crippen molar-refractivity contribution in [1.29, 1.82) is 0 Å². The van der Waals surface area contributed by atoms with Gasteiger partial charge in [0.15, 0.2) is 0 Å². The van der Waals surface area contributed by atoms with E-state index in [0.29, 0.717) is 10.6 Å². The van der Waals surface area contributed by atoms with Gasteiger partial charge in [0.05, 0.1) is 23.0 Å². The molecule has 9 nitrogen and oxygen atoms in total. The first kappa shape index (κ1) is 20.1. The molecule has 0 spiro atoms. The number of nitrogens with zero attached hydrogens (tertiary/aromatic N) is 3. The van der Waals surface area contributed by atoms with E-state index >= 15 is 0 Å². The number of hydrogen-bond donors (Lipinski definition) is 3. The van der Waals surface area contributed by atoms with E-state index in [9.17, 15) is 9.59 Å². The van der Waals surface area contributed by atoms with Crippen molar-refractivity contribution >= 4 is 34.5 Å². The predicted octanol–water partition coefficient (Wildman–Crippen LogP) is 2.21. The van der Waals surface area contributed by atoms with Crippen LogP contribution in [0.15, 0.2) is 48.7 Å². The molecule has 3 aromatic rings. The molecular formula is C20H21N5O4S. The maximum atomic E-state index is 12.4. The molecule has 2 amide bonds. The second-order valence-electron chi connectivity index (χ2n) is 6.70. The molecule has 4 rings (SSSR count). The zero-order valence-corrected chi connectivity index (χ0v) is 16.9. The van der Waals surface area contributed by atoms with Crippen molar-refractivity contribution < 1.29 is 19.5 Å². The van der Waals surface area contributed by atoms with E-state index in [2.05, 4.69) is 15.3 Å². The standard InChI is InChI=1S/C20H21N5O4S/c26-19(21-14-1-3-15(4-2-14)24-9-11-29-12-10-24)13-25-8-7-16(22-25)17-5-6-18(30-17)20(27)23-28/h1-8,28H,9-13H2,(H,21,26)(H,23,27). The smallest absolute Gasteiger partial charge is 0.284 e. The number of benzene rings is 1. The van der Waals surface area contributed by atoms with Crippen molar-refractivity contribution in [3.05, 3.63) is 53.5 Å². The van der Waals surface area contributed by atoms with Gasteiger partial charge < -0.3 is 15.0 Å². The third-order valence-corrected chi connectivity index (χ3v) is 5.76. The van der Waals surface area contributed by atoms with Crippen molar-refractivity contribution in [2.45, 2.75) is 6.54 Å². The summed E-state index contributed by atoms with van der Waals surface area (Å²) < 4.78 is 6.91. The number of hydrogen-bond acceptors (Lipinski definition) is 7. The maximum absolute atomic E-state index is 12.4. The van der Waals surface area contributed by atoms with E-state index in [1.165, 1.54) is 16.0 Å². The highest BCUT2D eigenvalue weighted by Gasteiger charge is 2.13. The Kier molecular flexibility index (Phi) is 6.07. The zero-order valence-electron chi connectivity index (χ0n) is 16.1. The van der Waals surface area contributed by atoms with Gasteiger partial charge in [-0.1, -0.05) is 0 Å². The van der Waals surface area contributed by atoms with Crippen molar-refractivity contribution in [2.75, 3.05) is 36.5 Å². The fourth-order valence-corrected chi connectivity index (χ4v) is 4.02. The van der Waals surface area contributed by atoms with Gasteiger partial charge in [-0.25, -0.2) is 5.48 Å². The number of ether oxygens (including phenoxy) is 1. The number of hydroxylamine groups is 1. The van der Waals surface area contributed by atoms with E-state index in [-0.39, 0.29) is 12.5 Å². The number of carbonyl (C=O) groups excluding carboxylic acids is 2. The molecule has 0 aliphatic carbocycles. The highest BCUT2D eigenvalue weighted by Crippen LogP contribution is 2.26.